The molecule has 1 saturated heterocycles. The molecule has 1 fully saturated rings. The van der Waals surface area contributed by atoms with Crippen LogP contribution >= 0.6 is 0 Å². The number of alkyl halides is 6. The molecule has 1 aliphatic rings. The van der Waals surface area contributed by atoms with E-state index in [2.05, 4.69) is 27.1 Å². The van der Waals surface area contributed by atoms with Crippen LogP contribution in [-0.4, -0.2) is 43.5 Å². The average Bonchev–Trinajstić information content (AvgIpc) is 2.89. The van der Waals surface area contributed by atoms with E-state index in [-0.39, 0.29) is 24.5 Å². The van der Waals surface area contributed by atoms with Crippen LogP contribution < -0.4 is 5.32 Å². The van der Waals surface area contributed by atoms with Gasteiger partial charge in [-0.15, -0.1) is 0 Å². The number of piperidine rings is 1. The standard InChI is InChI=1S/C27H30F6N2O3/c1-38-24(36)15-21(9-12-35-10-7-20(8-11-35)19-5-3-2-4-6-19)25(37)34-17-18-13-22(26(28,29)30)16-23(14-18)27(31,32)33/h2-6,13-14,16,20-21H,7-12,15,17H2,1H3,(H,34,37)/t21-/m0/s1. The summed E-state index contributed by atoms with van der Waals surface area (Å²) in [5.74, 6) is -1.68. The number of carbonyl (C=O) groups is 2. The number of rotatable bonds is 9. The highest BCUT2D eigenvalue weighted by Crippen LogP contribution is 2.36. The monoisotopic (exact) mass is 544 g/mol. The lowest BCUT2D eigenvalue weighted by atomic mass is 9.89. The molecular formula is C27H30F6N2O3. The Morgan fingerprint density at radius 3 is 2.08 bits per heavy atom. The number of benzene rings is 2. The third-order valence-electron chi connectivity index (χ3n) is 6.78. The summed E-state index contributed by atoms with van der Waals surface area (Å²) < 4.78 is 83.5. The van der Waals surface area contributed by atoms with Gasteiger partial charge in [-0.1, -0.05) is 30.3 Å². The lowest BCUT2D eigenvalue weighted by Gasteiger charge is -2.33. The topological polar surface area (TPSA) is 58.6 Å². The van der Waals surface area contributed by atoms with Crippen LogP contribution in [-0.2, 0) is 33.2 Å². The lowest BCUT2D eigenvalue weighted by Crippen LogP contribution is -2.38. The zero-order valence-corrected chi connectivity index (χ0v) is 20.9. The van der Waals surface area contributed by atoms with Crippen LogP contribution in [0.15, 0.2) is 48.5 Å². The molecule has 2 aromatic carbocycles. The van der Waals surface area contributed by atoms with Gasteiger partial charge in [-0.3, -0.25) is 9.59 Å². The molecular weight excluding hydrogens is 514 g/mol. The third-order valence-corrected chi connectivity index (χ3v) is 6.78. The highest BCUT2D eigenvalue weighted by molar-refractivity contribution is 5.83. The van der Waals surface area contributed by atoms with Crippen molar-refractivity contribution in [2.75, 3.05) is 26.7 Å². The number of nitrogens with zero attached hydrogens (tertiary/aromatic N) is 1. The van der Waals surface area contributed by atoms with Gasteiger partial charge in [-0.25, -0.2) is 0 Å². The van der Waals surface area contributed by atoms with Crippen LogP contribution in [0.2, 0.25) is 0 Å². The zero-order valence-electron chi connectivity index (χ0n) is 20.9. The predicted molar refractivity (Wildman–Crippen MR) is 128 cm³/mol. The smallest absolute Gasteiger partial charge is 0.416 e. The van der Waals surface area contributed by atoms with Crippen LogP contribution in [0.1, 0.15) is 53.9 Å². The first-order valence-corrected chi connectivity index (χ1v) is 12.3. The van der Waals surface area contributed by atoms with Crippen molar-refractivity contribution in [1.82, 2.24) is 10.2 Å². The van der Waals surface area contributed by atoms with E-state index in [1.807, 2.05) is 18.2 Å². The SMILES string of the molecule is COC(=O)C[C@H](CCN1CCC(c2ccccc2)CC1)C(=O)NCc1cc(C(F)(F)F)cc(C(F)(F)F)c1. The Kier molecular flexibility index (Phi) is 9.81. The number of ether oxygens (including phenoxy) is 1. The lowest BCUT2D eigenvalue weighted by molar-refractivity contribution is -0.145. The molecule has 2 aromatic rings. The largest absolute Gasteiger partial charge is 0.469 e. The van der Waals surface area contributed by atoms with Crippen LogP contribution in [0.4, 0.5) is 26.3 Å². The van der Waals surface area contributed by atoms with Gasteiger partial charge in [0, 0.05) is 12.5 Å². The Morgan fingerprint density at radius 1 is 0.974 bits per heavy atom. The number of esters is 1. The predicted octanol–water partition coefficient (Wildman–Crippen LogP) is 5.79. The van der Waals surface area contributed by atoms with Crippen molar-refractivity contribution in [2.24, 2.45) is 5.92 Å². The minimum Gasteiger partial charge on any atom is -0.469 e. The maximum absolute atomic E-state index is 13.1. The molecule has 0 radical (unpaired) electrons. The van der Waals surface area contributed by atoms with Gasteiger partial charge in [0.2, 0.25) is 5.91 Å². The van der Waals surface area contributed by atoms with E-state index in [0.717, 1.165) is 25.9 Å². The summed E-state index contributed by atoms with van der Waals surface area (Å²) >= 11 is 0. The second-order valence-electron chi connectivity index (χ2n) is 9.42. The summed E-state index contributed by atoms with van der Waals surface area (Å²) in [6.45, 7) is 1.57. The molecule has 11 heteroatoms. The molecule has 0 unspecified atom stereocenters. The van der Waals surface area contributed by atoms with Crippen LogP contribution in [0, 0.1) is 5.92 Å². The normalized spacial score (nSPS) is 16.2. The van der Waals surface area contributed by atoms with E-state index in [1.165, 1.54) is 12.7 Å². The molecule has 1 heterocycles. The molecule has 1 N–H and O–H groups in total. The molecule has 1 atom stereocenters. The number of likely N-dealkylation sites (tertiary alicyclic amines) is 1. The number of methoxy groups -OCH3 is 1. The van der Waals surface area contributed by atoms with Gasteiger partial charge < -0.3 is 15.0 Å². The van der Waals surface area contributed by atoms with Gasteiger partial charge in [-0.2, -0.15) is 26.3 Å². The summed E-state index contributed by atoms with van der Waals surface area (Å²) in [5, 5.41) is 2.40. The molecule has 38 heavy (non-hydrogen) atoms. The average molecular weight is 545 g/mol. The molecule has 5 nitrogen and oxygen atoms in total. The summed E-state index contributed by atoms with van der Waals surface area (Å²) in [7, 11) is 1.17. The number of hydrogen-bond acceptors (Lipinski definition) is 4. The second kappa shape index (κ2) is 12.6. The molecule has 0 aliphatic carbocycles. The van der Waals surface area contributed by atoms with Gasteiger partial charge in [0.05, 0.1) is 24.7 Å². The first-order valence-electron chi connectivity index (χ1n) is 12.3. The Morgan fingerprint density at radius 2 is 1.55 bits per heavy atom. The van der Waals surface area contributed by atoms with Crippen LogP contribution in [0.25, 0.3) is 0 Å². The summed E-state index contributed by atoms with van der Waals surface area (Å²) in [5.41, 5.74) is -1.98. The Hall–Kier alpha value is -3.08. The maximum atomic E-state index is 13.1. The summed E-state index contributed by atoms with van der Waals surface area (Å²) in [6, 6.07) is 11.3. The first-order chi connectivity index (χ1) is 17.9. The molecule has 0 aromatic heterocycles. The second-order valence-corrected chi connectivity index (χ2v) is 9.42. The van der Waals surface area contributed by atoms with Crippen molar-refractivity contribution in [3.05, 3.63) is 70.8 Å². The number of halogens is 6. The molecule has 0 bridgehead atoms. The van der Waals surface area contributed by atoms with Gasteiger partial charge in [0.1, 0.15) is 0 Å². The fourth-order valence-electron chi connectivity index (χ4n) is 4.62. The number of nitrogens with one attached hydrogen (secondary N) is 1. The highest BCUT2D eigenvalue weighted by atomic mass is 19.4. The quantitative estimate of drug-likeness (QED) is 0.321. The van der Waals surface area contributed by atoms with Crippen LogP contribution in [0.5, 0.6) is 0 Å². The minimum absolute atomic E-state index is 0.0341. The Labute approximate surface area is 217 Å². The van der Waals surface area contributed by atoms with Crippen molar-refractivity contribution < 1.29 is 40.7 Å². The third kappa shape index (κ3) is 8.47. The van der Waals surface area contributed by atoms with E-state index >= 15 is 0 Å². The minimum atomic E-state index is -4.98. The molecule has 208 valence electrons. The fourth-order valence-corrected chi connectivity index (χ4v) is 4.62. The van der Waals surface area contributed by atoms with Gasteiger partial charge in [0.15, 0.2) is 0 Å². The molecule has 0 spiro atoms. The van der Waals surface area contributed by atoms with Crippen molar-refractivity contribution in [1.29, 1.82) is 0 Å². The number of amides is 1. The van der Waals surface area contributed by atoms with Gasteiger partial charge in [-0.05, 0) is 74.1 Å². The number of hydrogen-bond donors (Lipinski definition) is 1. The number of carbonyl (C=O) groups excluding carboxylic acids is 2. The van der Waals surface area contributed by atoms with E-state index in [0.29, 0.717) is 24.6 Å². The van der Waals surface area contributed by atoms with Crippen LogP contribution in [0.3, 0.4) is 0 Å². The van der Waals surface area contributed by atoms with E-state index in [4.69, 9.17) is 0 Å². The van der Waals surface area contributed by atoms with E-state index in [9.17, 15) is 35.9 Å². The fraction of sp³-hybridized carbons (Fsp3) is 0.481. The molecule has 1 aliphatic heterocycles. The zero-order chi connectivity index (χ0) is 27.9. The van der Waals surface area contributed by atoms with Crippen molar-refractivity contribution in [2.45, 2.75) is 50.5 Å². The van der Waals surface area contributed by atoms with Crippen molar-refractivity contribution in [3.63, 3.8) is 0 Å². The summed E-state index contributed by atoms with van der Waals surface area (Å²) in [6.07, 6.45) is -8.06. The van der Waals surface area contributed by atoms with E-state index in [1.54, 1.807) is 0 Å². The Bertz CT molecular complexity index is 1050. The van der Waals surface area contributed by atoms with Crippen molar-refractivity contribution >= 4 is 11.9 Å². The first kappa shape index (κ1) is 29.5. The maximum Gasteiger partial charge on any atom is 0.416 e. The van der Waals surface area contributed by atoms with Gasteiger partial charge in [0.25, 0.3) is 0 Å². The van der Waals surface area contributed by atoms with Crippen molar-refractivity contribution in [3.8, 4) is 0 Å². The Balaban J connectivity index is 1.62. The molecule has 1 amide bonds. The van der Waals surface area contributed by atoms with E-state index < -0.39 is 47.8 Å². The summed E-state index contributed by atoms with van der Waals surface area (Å²) in [4.78, 5) is 26.9. The highest BCUT2D eigenvalue weighted by Gasteiger charge is 2.37. The molecule has 3 rings (SSSR count). The van der Waals surface area contributed by atoms with Gasteiger partial charge >= 0.3 is 18.3 Å². The molecule has 0 saturated carbocycles.